The van der Waals surface area contributed by atoms with Crippen LogP contribution in [0.25, 0.3) is 5.69 Å². The van der Waals surface area contributed by atoms with Gasteiger partial charge in [-0.25, -0.2) is 4.79 Å². The number of carbonyl (C=O) groups is 1. The van der Waals surface area contributed by atoms with Crippen LogP contribution < -0.4 is 10.1 Å². The van der Waals surface area contributed by atoms with Gasteiger partial charge in [0.1, 0.15) is 5.69 Å². The molecule has 0 spiro atoms. The quantitative estimate of drug-likeness (QED) is 0.563. The number of benzene rings is 2. The van der Waals surface area contributed by atoms with E-state index in [4.69, 9.17) is 16.3 Å². The van der Waals surface area contributed by atoms with Crippen molar-refractivity contribution in [3.8, 4) is 11.6 Å². The number of carbonyl (C=O) groups excluding carboxylic acids is 1. The third kappa shape index (κ3) is 5.37. The molecule has 7 nitrogen and oxygen atoms in total. The van der Waals surface area contributed by atoms with Gasteiger partial charge in [-0.05, 0) is 76.9 Å². The largest absolute Gasteiger partial charge is 0.414 e. The van der Waals surface area contributed by atoms with E-state index in [1.165, 1.54) is 4.80 Å². The number of likely N-dealkylation sites (N-methyl/N-ethyl adjacent to an activating group) is 1. The maximum atomic E-state index is 12.6. The van der Waals surface area contributed by atoms with Gasteiger partial charge >= 0.3 is 6.09 Å². The molecule has 0 radical (unpaired) electrons. The summed E-state index contributed by atoms with van der Waals surface area (Å²) >= 11 is 6.43. The van der Waals surface area contributed by atoms with Gasteiger partial charge in [-0.15, -0.1) is 15.0 Å². The Morgan fingerprint density at radius 1 is 1.12 bits per heavy atom. The Labute approximate surface area is 199 Å². The number of nitrogens with zero attached hydrogens (tertiary/aromatic N) is 4. The number of nitrogens with one attached hydrogen (secondary N) is 1. The monoisotopic (exact) mass is 467 g/mol. The molecule has 8 heteroatoms. The summed E-state index contributed by atoms with van der Waals surface area (Å²) in [5, 5.41) is 12.5. The van der Waals surface area contributed by atoms with Crippen molar-refractivity contribution in [3.63, 3.8) is 0 Å². The topological polar surface area (TPSA) is 72.3 Å². The van der Waals surface area contributed by atoms with Crippen LogP contribution in [0.4, 0.5) is 4.79 Å². The maximum absolute atomic E-state index is 12.6. The highest BCUT2D eigenvalue weighted by atomic mass is 35.5. The maximum Gasteiger partial charge on any atom is 0.414 e. The normalized spacial score (nSPS) is 20.6. The van der Waals surface area contributed by atoms with Crippen LogP contribution in [0.5, 0.6) is 5.88 Å². The highest BCUT2D eigenvalue weighted by molar-refractivity contribution is 6.31. The van der Waals surface area contributed by atoms with Crippen LogP contribution in [0.2, 0.25) is 5.02 Å². The van der Waals surface area contributed by atoms with E-state index in [0.29, 0.717) is 5.69 Å². The van der Waals surface area contributed by atoms with Crippen LogP contribution >= 0.6 is 11.6 Å². The molecule has 1 fully saturated rings. The molecule has 2 aromatic carbocycles. The Morgan fingerprint density at radius 3 is 2.45 bits per heavy atom. The standard InChI is InChI=1S/C25H30ClN5O2/c1-18-23(29-31(28-18)21-10-5-4-6-11-21)33-24(32)27-20-13-15-25(16-14-20,30(2)3)17-19-9-7-8-12-22(19)26/h4-12,20H,13-17H2,1-3H3,(H,27,32). The molecular formula is C25H30ClN5O2. The second-order valence-electron chi connectivity index (χ2n) is 8.91. The average molecular weight is 468 g/mol. The van der Waals surface area contributed by atoms with E-state index >= 15 is 0 Å². The first-order valence-electron chi connectivity index (χ1n) is 11.2. The molecule has 174 valence electrons. The first-order chi connectivity index (χ1) is 15.9. The van der Waals surface area contributed by atoms with Crippen LogP contribution in [-0.2, 0) is 6.42 Å². The molecule has 0 bridgehead atoms. The fraction of sp³-hybridized carbons (Fsp3) is 0.400. The zero-order valence-electron chi connectivity index (χ0n) is 19.3. The number of rotatable bonds is 6. The molecule has 0 aliphatic heterocycles. The Hall–Kier alpha value is -2.90. The van der Waals surface area contributed by atoms with E-state index < -0.39 is 6.09 Å². The van der Waals surface area contributed by atoms with Gasteiger partial charge in [0.25, 0.3) is 5.88 Å². The van der Waals surface area contributed by atoms with Crippen molar-refractivity contribution >= 4 is 17.7 Å². The van der Waals surface area contributed by atoms with Gasteiger partial charge in [-0.2, -0.15) is 0 Å². The highest BCUT2D eigenvalue weighted by Gasteiger charge is 2.38. The summed E-state index contributed by atoms with van der Waals surface area (Å²) in [6.45, 7) is 1.77. The lowest BCUT2D eigenvalue weighted by Crippen LogP contribution is -2.52. The summed E-state index contributed by atoms with van der Waals surface area (Å²) in [6, 6.07) is 17.6. The molecule has 0 saturated heterocycles. The number of para-hydroxylation sites is 1. The Kier molecular flexibility index (Phi) is 7.00. The SMILES string of the molecule is Cc1nn(-c2ccccc2)nc1OC(=O)NC1CCC(Cc2ccccc2Cl)(N(C)C)CC1. The number of aryl methyl sites for hydroxylation is 1. The zero-order chi connectivity index (χ0) is 23.4. The molecule has 1 aliphatic rings. The highest BCUT2D eigenvalue weighted by Crippen LogP contribution is 2.37. The van der Waals surface area contributed by atoms with Crippen LogP contribution in [0.1, 0.15) is 36.9 Å². The molecule has 1 aromatic heterocycles. The molecule has 3 aromatic rings. The predicted molar refractivity (Wildman–Crippen MR) is 129 cm³/mol. The Morgan fingerprint density at radius 2 is 1.79 bits per heavy atom. The van der Waals surface area contributed by atoms with Crippen LogP contribution in [-0.4, -0.2) is 51.7 Å². The summed E-state index contributed by atoms with van der Waals surface area (Å²) in [7, 11) is 4.25. The summed E-state index contributed by atoms with van der Waals surface area (Å²) in [5.41, 5.74) is 2.54. The lowest BCUT2D eigenvalue weighted by molar-refractivity contribution is 0.0868. The Bertz CT molecular complexity index is 1090. The first-order valence-corrected chi connectivity index (χ1v) is 11.6. The van der Waals surface area contributed by atoms with Crippen molar-refractivity contribution in [2.24, 2.45) is 0 Å². The fourth-order valence-corrected chi connectivity index (χ4v) is 4.70. The molecule has 33 heavy (non-hydrogen) atoms. The van der Waals surface area contributed by atoms with Crippen molar-refractivity contribution in [1.29, 1.82) is 0 Å². The molecule has 1 aliphatic carbocycles. The van der Waals surface area contributed by atoms with E-state index in [1.807, 2.05) is 48.5 Å². The number of aromatic nitrogens is 3. The van der Waals surface area contributed by atoms with Gasteiger partial charge in [-0.3, -0.25) is 0 Å². The third-order valence-electron chi connectivity index (χ3n) is 6.58. The van der Waals surface area contributed by atoms with Gasteiger partial charge in [0.15, 0.2) is 0 Å². The summed E-state index contributed by atoms with van der Waals surface area (Å²) in [4.78, 5) is 16.3. The fourth-order valence-electron chi connectivity index (χ4n) is 4.50. The number of ether oxygens (including phenoxy) is 1. The van der Waals surface area contributed by atoms with E-state index in [0.717, 1.165) is 48.4 Å². The average Bonchev–Trinajstić information content (AvgIpc) is 3.17. The third-order valence-corrected chi connectivity index (χ3v) is 6.95. The van der Waals surface area contributed by atoms with Crippen molar-refractivity contribution in [2.75, 3.05) is 14.1 Å². The molecule has 1 heterocycles. The van der Waals surface area contributed by atoms with Crippen molar-refractivity contribution < 1.29 is 9.53 Å². The predicted octanol–water partition coefficient (Wildman–Crippen LogP) is 4.80. The number of hydrogen-bond acceptors (Lipinski definition) is 5. The number of hydrogen-bond donors (Lipinski definition) is 1. The molecule has 0 atom stereocenters. The molecule has 1 saturated carbocycles. The number of amides is 1. The van der Waals surface area contributed by atoms with Crippen LogP contribution in [0, 0.1) is 6.92 Å². The molecule has 1 N–H and O–H groups in total. The van der Waals surface area contributed by atoms with E-state index in [9.17, 15) is 4.79 Å². The Balaban J connectivity index is 1.35. The lowest BCUT2D eigenvalue weighted by atomic mass is 9.75. The first kappa shape index (κ1) is 23.3. The summed E-state index contributed by atoms with van der Waals surface area (Å²) in [5.74, 6) is 0.216. The minimum absolute atomic E-state index is 0.0159. The van der Waals surface area contributed by atoms with E-state index in [-0.39, 0.29) is 17.5 Å². The molecule has 0 unspecified atom stereocenters. The van der Waals surface area contributed by atoms with Gasteiger partial charge in [0.2, 0.25) is 0 Å². The second-order valence-corrected chi connectivity index (χ2v) is 9.32. The van der Waals surface area contributed by atoms with Gasteiger partial charge in [0.05, 0.1) is 5.69 Å². The summed E-state index contributed by atoms with van der Waals surface area (Å²) in [6.07, 6.45) is 4.05. The van der Waals surface area contributed by atoms with E-state index in [1.54, 1.807) is 6.92 Å². The van der Waals surface area contributed by atoms with E-state index in [2.05, 4.69) is 40.6 Å². The molecule has 1 amide bonds. The number of halogens is 1. The summed E-state index contributed by atoms with van der Waals surface area (Å²) < 4.78 is 5.49. The van der Waals surface area contributed by atoms with Gasteiger partial charge < -0.3 is 15.0 Å². The van der Waals surface area contributed by atoms with Gasteiger partial charge in [0, 0.05) is 16.6 Å². The lowest BCUT2D eigenvalue weighted by Gasteiger charge is -2.45. The van der Waals surface area contributed by atoms with Crippen molar-refractivity contribution in [3.05, 3.63) is 70.9 Å². The van der Waals surface area contributed by atoms with Crippen LogP contribution in [0.3, 0.4) is 0 Å². The molecule has 4 rings (SSSR count). The minimum Gasteiger partial charge on any atom is -0.388 e. The van der Waals surface area contributed by atoms with Crippen molar-refractivity contribution in [1.82, 2.24) is 25.2 Å². The van der Waals surface area contributed by atoms with Crippen LogP contribution in [0.15, 0.2) is 54.6 Å². The second kappa shape index (κ2) is 9.93. The zero-order valence-corrected chi connectivity index (χ0v) is 20.0. The smallest absolute Gasteiger partial charge is 0.388 e. The van der Waals surface area contributed by atoms with Crippen molar-refractivity contribution in [2.45, 2.75) is 50.6 Å². The minimum atomic E-state index is -0.494. The van der Waals surface area contributed by atoms with Gasteiger partial charge in [-0.1, -0.05) is 48.0 Å². The molecular weight excluding hydrogens is 438 g/mol.